The number of hydrazine groups is 1. The number of pyridine rings is 1. The van der Waals surface area contributed by atoms with Gasteiger partial charge >= 0.3 is 0 Å². The third-order valence-corrected chi connectivity index (χ3v) is 3.09. The number of carbonyl (C=O) groups is 1. The van der Waals surface area contributed by atoms with Crippen molar-refractivity contribution in [3.8, 4) is 0 Å². The minimum absolute atomic E-state index is 0.147. The van der Waals surface area contributed by atoms with Crippen LogP contribution >= 0.6 is 11.6 Å². The molecule has 0 saturated carbocycles. The SMILES string of the molecule is Cc1ccc(CNC(=O)c2nc(NN)ccc2Cl)cc1. The lowest BCUT2D eigenvalue weighted by Gasteiger charge is -2.08. The van der Waals surface area contributed by atoms with Crippen molar-refractivity contribution in [2.45, 2.75) is 13.5 Å². The smallest absolute Gasteiger partial charge is 0.271 e. The van der Waals surface area contributed by atoms with Crippen LogP contribution < -0.4 is 16.6 Å². The standard InChI is InChI=1S/C14H15ClN4O/c1-9-2-4-10(5-3-9)8-17-14(20)13-11(15)6-7-12(18-13)19-16/h2-7H,8,16H2,1H3,(H,17,20)(H,18,19). The minimum atomic E-state index is -0.340. The van der Waals surface area contributed by atoms with Crippen LogP contribution in [0.5, 0.6) is 0 Å². The second kappa shape index (κ2) is 6.36. The van der Waals surface area contributed by atoms with Crippen LogP contribution in [0.15, 0.2) is 36.4 Å². The van der Waals surface area contributed by atoms with Gasteiger partial charge in [-0.15, -0.1) is 0 Å². The van der Waals surface area contributed by atoms with Gasteiger partial charge in [-0.1, -0.05) is 41.4 Å². The van der Waals surface area contributed by atoms with E-state index in [4.69, 9.17) is 17.4 Å². The fraction of sp³-hybridized carbons (Fsp3) is 0.143. The van der Waals surface area contributed by atoms with Crippen LogP contribution in [0.3, 0.4) is 0 Å². The zero-order valence-electron chi connectivity index (χ0n) is 11.0. The topological polar surface area (TPSA) is 80.0 Å². The van der Waals surface area contributed by atoms with Crippen molar-refractivity contribution in [2.75, 3.05) is 5.43 Å². The Balaban J connectivity index is 2.06. The van der Waals surface area contributed by atoms with Crippen molar-refractivity contribution in [3.05, 3.63) is 58.2 Å². The van der Waals surface area contributed by atoms with Gasteiger partial charge < -0.3 is 10.7 Å². The number of carbonyl (C=O) groups excluding carboxylic acids is 1. The first kappa shape index (κ1) is 14.3. The van der Waals surface area contributed by atoms with Crippen LogP contribution in [-0.2, 0) is 6.54 Å². The normalized spacial score (nSPS) is 10.2. The van der Waals surface area contributed by atoms with E-state index in [2.05, 4.69) is 15.7 Å². The quantitative estimate of drug-likeness (QED) is 0.596. The Bertz CT molecular complexity index is 613. The predicted octanol–water partition coefficient (Wildman–Crippen LogP) is 2.26. The highest BCUT2D eigenvalue weighted by molar-refractivity contribution is 6.33. The minimum Gasteiger partial charge on any atom is -0.347 e. The molecule has 0 aliphatic rings. The van der Waals surface area contributed by atoms with E-state index >= 15 is 0 Å². The van der Waals surface area contributed by atoms with Crippen molar-refractivity contribution in [1.29, 1.82) is 0 Å². The number of nitrogens with two attached hydrogens (primary N) is 1. The number of hydrogen-bond donors (Lipinski definition) is 3. The molecule has 0 bridgehead atoms. The van der Waals surface area contributed by atoms with E-state index in [1.54, 1.807) is 12.1 Å². The van der Waals surface area contributed by atoms with Crippen molar-refractivity contribution in [1.82, 2.24) is 10.3 Å². The second-order valence-corrected chi connectivity index (χ2v) is 4.75. The Hall–Kier alpha value is -2.11. The summed E-state index contributed by atoms with van der Waals surface area (Å²) in [5.74, 6) is 5.30. The number of nitrogens with one attached hydrogen (secondary N) is 2. The van der Waals surface area contributed by atoms with Crippen molar-refractivity contribution in [2.24, 2.45) is 5.84 Å². The first-order valence-electron chi connectivity index (χ1n) is 6.07. The van der Waals surface area contributed by atoms with Gasteiger partial charge in [0.2, 0.25) is 0 Å². The van der Waals surface area contributed by atoms with E-state index in [0.29, 0.717) is 12.4 Å². The van der Waals surface area contributed by atoms with E-state index < -0.39 is 0 Å². The molecule has 4 N–H and O–H groups in total. The molecule has 1 aromatic carbocycles. The maximum Gasteiger partial charge on any atom is 0.271 e. The highest BCUT2D eigenvalue weighted by atomic mass is 35.5. The van der Waals surface area contributed by atoms with Gasteiger partial charge in [0.05, 0.1) is 5.02 Å². The number of aryl methyl sites for hydroxylation is 1. The molecule has 0 fully saturated rings. The molecule has 0 aliphatic carbocycles. The number of nitrogen functional groups attached to an aromatic ring is 1. The summed E-state index contributed by atoms with van der Waals surface area (Å²) in [6.07, 6.45) is 0. The fourth-order valence-corrected chi connectivity index (χ4v) is 1.84. The maximum atomic E-state index is 12.0. The Kier molecular flexibility index (Phi) is 4.55. The van der Waals surface area contributed by atoms with Crippen molar-refractivity contribution < 1.29 is 4.79 Å². The first-order valence-corrected chi connectivity index (χ1v) is 6.45. The largest absolute Gasteiger partial charge is 0.347 e. The summed E-state index contributed by atoms with van der Waals surface area (Å²) >= 11 is 5.96. The van der Waals surface area contributed by atoms with E-state index in [1.165, 1.54) is 5.56 Å². The molecule has 1 heterocycles. The molecular formula is C14H15ClN4O. The molecule has 0 aliphatic heterocycles. The number of anilines is 1. The molecule has 2 rings (SSSR count). The number of rotatable bonds is 4. The Morgan fingerprint density at radius 3 is 2.60 bits per heavy atom. The number of nitrogens with zero attached hydrogens (tertiary/aromatic N) is 1. The average Bonchev–Trinajstić information content (AvgIpc) is 2.47. The highest BCUT2D eigenvalue weighted by Crippen LogP contribution is 2.16. The summed E-state index contributed by atoms with van der Waals surface area (Å²) in [6, 6.07) is 11.1. The number of aromatic nitrogens is 1. The monoisotopic (exact) mass is 290 g/mol. The van der Waals surface area contributed by atoms with E-state index in [-0.39, 0.29) is 16.6 Å². The predicted molar refractivity (Wildman–Crippen MR) is 79.4 cm³/mol. The van der Waals surface area contributed by atoms with Gasteiger partial charge in [-0.2, -0.15) is 0 Å². The van der Waals surface area contributed by atoms with Crippen LogP contribution in [0.25, 0.3) is 0 Å². The number of hydrogen-bond acceptors (Lipinski definition) is 4. The van der Waals surface area contributed by atoms with Crippen LogP contribution in [0.2, 0.25) is 5.02 Å². The van der Waals surface area contributed by atoms with Gasteiger partial charge in [0.15, 0.2) is 0 Å². The van der Waals surface area contributed by atoms with Gasteiger partial charge in [0.1, 0.15) is 11.5 Å². The third kappa shape index (κ3) is 3.46. The molecule has 6 heteroatoms. The molecule has 104 valence electrons. The average molecular weight is 291 g/mol. The first-order chi connectivity index (χ1) is 9.60. The fourth-order valence-electron chi connectivity index (χ4n) is 1.65. The third-order valence-electron chi connectivity index (χ3n) is 2.78. The van der Waals surface area contributed by atoms with Gasteiger partial charge in [0.25, 0.3) is 5.91 Å². The Morgan fingerprint density at radius 1 is 1.25 bits per heavy atom. The number of halogens is 1. The van der Waals surface area contributed by atoms with E-state index in [1.807, 2.05) is 31.2 Å². The molecule has 2 aromatic rings. The summed E-state index contributed by atoms with van der Waals surface area (Å²) in [7, 11) is 0. The molecular weight excluding hydrogens is 276 g/mol. The van der Waals surface area contributed by atoms with Gasteiger partial charge in [-0.3, -0.25) is 4.79 Å². The van der Waals surface area contributed by atoms with Gasteiger partial charge in [0, 0.05) is 6.54 Å². The lowest BCUT2D eigenvalue weighted by molar-refractivity contribution is 0.0946. The molecule has 1 aromatic heterocycles. The lowest BCUT2D eigenvalue weighted by atomic mass is 10.1. The zero-order valence-corrected chi connectivity index (χ0v) is 11.7. The van der Waals surface area contributed by atoms with E-state index in [0.717, 1.165) is 5.56 Å². The highest BCUT2D eigenvalue weighted by Gasteiger charge is 2.12. The van der Waals surface area contributed by atoms with Gasteiger partial charge in [-0.05, 0) is 24.6 Å². The molecule has 20 heavy (non-hydrogen) atoms. The van der Waals surface area contributed by atoms with Gasteiger partial charge in [-0.25, -0.2) is 10.8 Å². The molecule has 0 atom stereocenters. The molecule has 0 radical (unpaired) electrons. The van der Waals surface area contributed by atoms with Crippen LogP contribution in [0, 0.1) is 6.92 Å². The second-order valence-electron chi connectivity index (χ2n) is 4.34. The number of benzene rings is 1. The molecule has 1 amide bonds. The Labute approximate surface area is 122 Å². The van der Waals surface area contributed by atoms with Crippen molar-refractivity contribution in [3.63, 3.8) is 0 Å². The molecule has 0 spiro atoms. The summed E-state index contributed by atoms with van der Waals surface area (Å²) in [5, 5.41) is 3.06. The van der Waals surface area contributed by atoms with Crippen molar-refractivity contribution >= 4 is 23.3 Å². The summed E-state index contributed by atoms with van der Waals surface area (Å²) in [4.78, 5) is 16.1. The zero-order chi connectivity index (χ0) is 14.5. The van der Waals surface area contributed by atoms with E-state index in [9.17, 15) is 4.79 Å². The van der Waals surface area contributed by atoms with Crippen LogP contribution in [0.1, 0.15) is 21.6 Å². The van der Waals surface area contributed by atoms with Crippen LogP contribution in [0.4, 0.5) is 5.82 Å². The van der Waals surface area contributed by atoms with Crippen LogP contribution in [-0.4, -0.2) is 10.9 Å². The number of amides is 1. The Morgan fingerprint density at radius 2 is 1.95 bits per heavy atom. The molecule has 0 unspecified atom stereocenters. The molecule has 5 nitrogen and oxygen atoms in total. The molecule has 0 saturated heterocycles. The maximum absolute atomic E-state index is 12.0. The summed E-state index contributed by atoms with van der Waals surface area (Å²) in [6.45, 7) is 2.43. The lowest BCUT2D eigenvalue weighted by Crippen LogP contribution is -2.24. The summed E-state index contributed by atoms with van der Waals surface area (Å²) in [5.41, 5.74) is 4.71. The summed E-state index contributed by atoms with van der Waals surface area (Å²) < 4.78 is 0.